The monoisotopic (exact) mass is 432 g/mol. The van der Waals surface area contributed by atoms with E-state index in [9.17, 15) is 9.59 Å². The fraction of sp³-hybridized carbons (Fsp3) is 0.143. The number of alkyl halides is 1. The topological polar surface area (TPSA) is 44.0 Å². The number of ketones is 1. The van der Waals surface area contributed by atoms with Crippen LogP contribution in [0.3, 0.4) is 0 Å². The normalized spacial score (nSPS) is 11.5. The van der Waals surface area contributed by atoms with Crippen LogP contribution in [0.5, 0.6) is 0 Å². The third kappa shape index (κ3) is 2.84. The van der Waals surface area contributed by atoms with Crippen molar-refractivity contribution >= 4 is 62.5 Å². The molecular weight excluding hydrogens is 419 g/mol. The number of aryl methyl sites for hydroxylation is 2. The van der Waals surface area contributed by atoms with E-state index < -0.39 is 0 Å². The number of hydrogen-bond donors (Lipinski definition) is 0. The molecule has 4 nitrogen and oxygen atoms in total. The van der Waals surface area contributed by atoms with Gasteiger partial charge in [0.15, 0.2) is 5.78 Å². The first-order valence-electron chi connectivity index (χ1n) is 8.50. The van der Waals surface area contributed by atoms with Crippen molar-refractivity contribution in [2.45, 2.75) is 0 Å². The van der Waals surface area contributed by atoms with Gasteiger partial charge in [-0.1, -0.05) is 29.3 Å². The number of hydrogen-bond acceptors (Lipinski definition) is 2. The summed E-state index contributed by atoms with van der Waals surface area (Å²) in [6, 6.07) is 12.3. The molecule has 0 radical (unpaired) electrons. The number of aromatic nitrogens is 2. The third-order valence-corrected chi connectivity index (χ3v) is 5.80. The highest BCUT2D eigenvalue weighted by Crippen LogP contribution is 2.33. The zero-order valence-corrected chi connectivity index (χ0v) is 17.4. The van der Waals surface area contributed by atoms with Gasteiger partial charge < -0.3 is 4.57 Å². The second kappa shape index (κ2) is 6.96. The Balaban J connectivity index is 2.12. The van der Waals surface area contributed by atoms with Crippen molar-refractivity contribution in [2.24, 2.45) is 14.1 Å². The molecule has 142 valence electrons. The lowest BCUT2D eigenvalue weighted by atomic mass is 10.0. The molecular formula is C21H15Cl3N2O2. The Labute approximate surface area is 175 Å². The average Bonchev–Trinajstić information content (AvgIpc) is 2.96. The molecule has 0 N–H and O–H groups in total. The van der Waals surface area contributed by atoms with E-state index in [4.69, 9.17) is 34.8 Å². The van der Waals surface area contributed by atoms with Crippen molar-refractivity contribution in [2.75, 3.05) is 5.88 Å². The molecule has 0 spiro atoms. The zero-order chi connectivity index (χ0) is 20.2. The lowest BCUT2D eigenvalue weighted by Gasteiger charge is -2.09. The van der Waals surface area contributed by atoms with Gasteiger partial charge in [-0.2, -0.15) is 0 Å². The van der Waals surface area contributed by atoms with Gasteiger partial charge in [0.2, 0.25) is 0 Å². The molecule has 0 unspecified atom stereocenters. The minimum absolute atomic E-state index is 0.0829. The molecule has 0 atom stereocenters. The summed E-state index contributed by atoms with van der Waals surface area (Å²) in [5, 5.41) is 2.63. The number of pyridine rings is 1. The summed E-state index contributed by atoms with van der Waals surface area (Å²) in [6.07, 6.45) is 0. The van der Waals surface area contributed by atoms with Crippen LogP contribution in [0.4, 0.5) is 0 Å². The van der Waals surface area contributed by atoms with Crippen molar-refractivity contribution < 1.29 is 4.79 Å². The van der Waals surface area contributed by atoms with Crippen LogP contribution in [0.15, 0.2) is 47.3 Å². The molecule has 0 aliphatic rings. The van der Waals surface area contributed by atoms with Gasteiger partial charge in [0.1, 0.15) is 5.65 Å². The molecule has 0 amide bonds. The van der Waals surface area contributed by atoms with Crippen molar-refractivity contribution in [1.82, 2.24) is 9.13 Å². The molecule has 4 aromatic rings. The fourth-order valence-corrected chi connectivity index (χ4v) is 4.31. The van der Waals surface area contributed by atoms with Gasteiger partial charge in [-0.25, -0.2) is 0 Å². The minimum Gasteiger partial charge on any atom is -0.330 e. The second-order valence-corrected chi connectivity index (χ2v) is 7.74. The number of carbonyl (C=O) groups is 1. The van der Waals surface area contributed by atoms with Crippen LogP contribution >= 0.6 is 34.8 Å². The summed E-state index contributed by atoms with van der Waals surface area (Å²) in [5.74, 6) is -0.230. The highest BCUT2D eigenvalue weighted by molar-refractivity contribution is 6.36. The van der Waals surface area contributed by atoms with Gasteiger partial charge in [0.25, 0.3) is 5.56 Å². The lowest BCUT2D eigenvalue weighted by molar-refractivity contribution is 0.102. The molecule has 0 fully saturated rings. The van der Waals surface area contributed by atoms with Crippen molar-refractivity contribution in [3.8, 4) is 11.1 Å². The van der Waals surface area contributed by atoms with Gasteiger partial charge >= 0.3 is 0 Å². The Kier molecular flexibility index (Phi) is 4.74. The van der Waals surface area contributed by atoms with Crippen molar-refractivity contribution in [1.29, 1.82) is 0 Å². The van der Waals surface area contributed by atoms with E-state index in [1.807, 2.05) is 29.8 Å². The SMILES string of the molecule is Cn1c(=O)c(-c2ccc(Cl)cc2Cl)cc2c3cc(C(=O)CCl)ccc3n(C)c21. The summed E-state index contributed by atoms with van der Waals surface area (Å²) >= 11 is 18.1. The number of benzene rings is 2. The molecule has 0 bridgehead atoms. The maximum atomic E-state index is 13.1. The van der Waals surface area contributed by atoms with Gasteiger partial charge in [-0.3, -0.25) is 14.2 Å². The predicted octanol–water partition coefficient (Wildman–Crippen LogP) is 5.43. The number of fused-ring (bicyclic) bond motifs is 3. The number of halogens is 3. The predicted molar refractivity (Wildman–Crippen MR) is 116 cm³/mol. The molecule has 7 heteroatoms. The summed E-state index contributed by atoms with van der Waals surface area (Å²) in [7, 11) is 3.61. The number of rotatable bonds is 3. The van der Waals surface area contributed by atoms with E-state index in [1.54, 1.807) is 35.9 Å². The summed E-state index contributed by atoms with van der Waals surface area (Å²) in [4.78, 5) is 25.1. The quantitative estimate of drug-likeness (QED) is 0.319. The molecule has 0 saturated carbocycles. The maximum absolute atomic E-state index is 13.1. The fourth-order valence-electron chi connectivity index (χ4n) is 3.64. The largest absolute Gasteiger partial charge is 0.330 e. The molecule has 0 aliphatic carbocycles. The average molecular weight is 434 g/mol. The highest BCUT2D eigenvalue weighted by atomic mass is 35.5. The number of carbonyl (C=O) groups excluding carboxylic acids is 1. The second-order valence-electron chi connectivity index (χ2n) is 6.63. The molecule has 0 saturated heterocycles. The zero-order valence-electron chi connectivity index (χ0n) is 15.1. The third-order valence-electron chi connectivity index (χ3n) is 5.01. The molecule has 28 heavy (non-hydrogen) atoms. The molecule has 4 rings (SSSR count). The van der Waals surface area contributed by atoms with Gasteiger partial charge in [-0.05, 0) is 36.4 Å². The van der Waals surface area contributed by atoms with E-state index in [0.29, 0.717) is 26.7 Å². The molecule has 2 aromatic carbocycles. The number of Topliss-reactive ketones (excluding diaryl/α,β-unsaturated/α-hetero) is 1. The Hall–Kier alpha value is -2.27. The van der Waals surface area contributed by atoms with Crippen molar-refractivity contribution in [3.63, 3.8) is 0 Å². The van der Waals surface area contributed by atoms with Crippen LogP contribution in [-0.4, -0.2) is 20.8 Å². The van der Waals surface area contributed by atoms with Crippen LogP contribution in [-0.2, 0) is 14.1 Å². The smallest absolute Gasteiger partial charge is 0.259 e. The van der Waals surface area contributed by atoms with Crippen LogP contribution in [0, 0.1) is 0 Å². The Morgan fingerprint density at radius 2 is 1.68 bits per heavy atom. The Morgan fingerprint density at radius 1 is 0.929 bits per heavy atom. The van der Waals surface area contributed by atoms with Gasteiger partial charge in [-0.15, -0.1) is 11.6 Å². The van der Waals surface area contributed by atoms with E-state index in [0.717, 1.165) is 21.9 Å². The first-order valence-corrected chi connectivity index (χ1v) is 9.79. The highest BCUT2D eigenvalue weighted by Gasteiger charge is 2.18. The first-order chi connectivity index (χ1) is 13.3. The van der Waals surface area contributed by atoms with E-state index in [-0.39, 0.29) is 17.2 Å². The minimum atomic E-state index is -0.167. The van der Waals surface area contributed by atoms with Crippen LogP contribution < -0.4 is 5.56 Å². The van der Waals surface area contributed by atoms with E-state index >= 15 is 0 Å². The van der Waals surface area contributed by atoms with Gasteiger partial charge in [0, 0.05) is 46.6 Å². The molecule has 2 aromatic heterocycles. The summed E-state index contributed by atoms with van der Waals surface area (Å²) in [6.45, 7) is 0. The van der Waals surface area contributed by atoms with Crippen LogP contribution in [0.25, 0.3) is 33.1 Å². The summed E-state index contributed by atoms with van der Waals surface area (Å²) < 4.78 is 3.53. The van der Waals surface area contributed by atoms with E-state index in [1.165, 1.54) is 0 Å². The molecule has 2 heterocycles. The standard InChI is InChI=1S/C21H15Cl3N2O2/c1-25-18-6-3-11(19(27)10-22)7-14(18)15-9-16(21(28)26(2)20(15)25)13-5-4-12(23)8-17(13)24/h3-9H,10H2,1-2H3. The van der Waals surface area contributed by atoms with Crippen LogP contribution in [0.1, 0.15) is 10.4 Å². The Morgan fingerprint density at radius 3 is 2.36 bits per heavy atom. The Bertz CT molecular complexity index is 1340. The maximum Gasteiger partial charge on any atom is 0.259 e. The van der Waals surface area contributed by atoms with Crippen LogP contribution in [0.2, 0.25) is 10.0 Å². The van der Waals surface area contributed by atoms with E-state index in [2.05, 4.69) is 0 Å². The van der Waals surface area contributed by atoms with Crippen molar-refractivity contribution in [3.05, 3.63) is 68.4 Å². The first kappa shape index (κ1) is 19.1. The lowest BCUT2D eigenvalue weighted by Crippen LogP contribution is -2.20. The molecule has 0 aliphatic heterocycles. The number of nitrogens with zero attached hydrogens (tertiary/aromatic N) is 2. The summed E-state index contributed by atoms with van der Waals surface area (Å²) in [5.41, 5.74) is 3.12. The van der Waals surface area contributed by atoms with Gasteiger partial charge in [0.05, 0.1) is 16.4 Å².